The van der Waals surface area contributed by atoms with Crippen molar-refractivity contribution >= 4 is 159 Å². The molecule has 146 heavy (non-hydrogen) atoms. The second-order valence-electron chi connectivity index (χ2n) is 36.5. The molecule has 10 aromatic heterocycles. The lowest BCUT2D eigenvalue weighted by Crippen LogP contribution is -2.10. The molecule has 0 aliphatic carbocycles. The number of anilines is 3. The number of fused-ring (bicyclic) bond motifs is 21. The number of thiophene rings is 1. The third kappa shape index (κ3) is 14.8. The number of rotatable bonds is 15. The zero-order chi connectivity index (χ0) is 96.8. The number of aryl methyl sites for hydroxylation is 2. The first kappa shape index (κ1) is 85.7. The summed E-state index contributed by atoms with van der Waals surface area (Å²) in [5.41, 5.74) is 26.5. The number of nitrogens with zero attached hydrogens (tertiary/aromatic N) is 16. The largest absolute Gasteiger partial charge is 0.310 e. The lowest BCUT2D eigenvalue weighted by molar-refractivity contribution is 0.953. The molecule has 0 bridgehead atoms. The summed E-state index contributed by atoms with van der Waals surface area (Å²) < 4.78 is 13.9. The highest BCUT2D eigenvalue weighted by Gasteiger charge is 2.30. The molecule has 19 aromatic carbocycles. The molecule has 29 aromatic rings. The predicted molar refractivity (Wildman–Crippen MR) is 600 cm³/mol. The highest BCUT2D eigenvalue weighted by molar-refractivity contribution is 7.12. The van der Waals surface area contributed by atoms with Crippen LogP contribution in [0.3, 0.4) is 0 Å². The van der Waals surface area contributed by atoms with E-state index in [1.807, 2.05) is 97.1 Å². The fourth-order valence-electron chi connectivity index (χ4n) is 21.2. The van der Waals surface area contributed by atoms with Gasteiger partial charge in [0.15, 0.2) is 34.9 Å². The monoisotopic (exact) mass is 1890 g/mol. The maximum absolute atomic E-state index is 5.26. The van der Waals surface area contributed by atoms with Gasteiger partial charge in [-0.3, -0.25) is 18.3 Å². The average molecular weight is 1890 g/mol. The van der Waals surface area contributed by atoms with Crippen LogP contribution in [0.2, 0.25) is 0 Å². The molecule has 17 heteroatoms. The molecule has 29 rings (SSSR count). The van der Waals surface area contributed by atoms with E-state index in [0.29, 0.717) is 52.8 Å². The molecule has 16 nitrogen and oxygen atoms in total. The molecule has 0 fully saturated rings. The molecule has 0 aliphatic rings. The van der Waals surface area contributed by atoms with E-state index in [2.05, 4.69) is 434 Å². The Morgan fingerprint density at radius 1 is 0.178 bits per heavy atom. The van der Waals surface area contributed by atoms with Crippen LogP contribution in [0, 0.1) is 13.8 Å². The van der Waals surface area contributed by atoms with Crippen molar-refractivity contribution in [3.63, 3.8) is 0 Å². The van der Waals surface area contributed by atoms with Crippen LogP contribution in [0.4, 0.5) is 17.1 Å². The standard InChI is InChI=1S/C51H34N6.C41H29N5.C37H23N5S/c1-5-18-35(19-6-1)49-52-50(36-20-7-2-8-21-36)54-51(53-49)57-46-31-16-14-29-42(46)44-33-32-43-41-28-13-15-30-45(41)56(47(43)48(44)57)40-27-17-26-39(34-40)55(37-22-9-3-10-23-37)38-24-11-4-12-25-38;1-26-16-20-28(21-17-26)39-42-40(29-22-18-27(2)19-23-29)44-41(43-39)46-36-15-9-7-13-32(36)34-25-24-33-31-12-6-8-14-35(31)45(37(33)38(34)46)30-10-4-3-5-11-30;1-3-12-24(13-4-1)35-38-36(25-14-5-2-6-15-25)40-37(39-35)42-31-19-10-8-17-27(31)29-22-21-28-26-16-7-9-18-30(26)41(33(28)34(29)42)32-20-11-23-43-32/h1-34H;3-25H,1-2H3;1-23H. The molecule has 0 amide bonds. The lowest BCUT2D eigenvalue weighted by atomic mass is 10.1. The number of benzene rings is 19. The van der Waals surface area contributed by atoms with Crippen molar-refractivity contribution in [2.75, 3.05) is 4.90 Å². The van der Waals surface area contributed by atoms with E-state index in [1.165, 1.54) is 48.6 Å². The molecule has 10 heterocycles. The third-order valence-electron chi connectivity index (χ3n) is 27.7. The summed E-state index contributed by atoms with van der Waals surface area (Å²) in [4.78, 5) is 48.6. The fourth-order valence-corrected chi connectivity index (χ4v) is 21.9. The molecule has 0 atom stereocenters. The van der Waals surface area contributed by atoms with Crippen LogP contribution in [0.5, 0.6) is 0 Å². The van der Waals surface area contributed by atoms with Gasteiger partial charge in [-0.25, -0.2) is 15.0 Å². The number of aromatic nitrogens is 15. The van der Waals surface area contributed by atoms with Gasteiger partial charge in [0.25, 0.3) is 0 Å². The van der Waals surface area contributed by atoms with E-state index in [4.69, 9.17) is 44.9 Å². The molecule has 0 saturated carbocycles. The summed E-state index contributed by atoms with van der Waals surface area (Å²) in [5.74, 6) is 5.54. The van der Waals surface area contributed by atoms with Crippen molar-refractivity contribution in [3.8, 4) is 103 Å². The third-order valence-corrected chi connectivity index (χ3v) is 28.6. The summed E-state index contributed by atoms with van der Waals surface area (Å²) in [6.07, 6.45) is 0. The number of hydrogen-bond acceptors (Lipinski definition) is 11. The second-order valence-corrected chi connectivity index (χ2v) is 37.5. The second kappa shape index (κ2) is 36.0. The van der Waals surface area contributed by atoms with Gasteiger partial charge in [0.1, 0.15) is 5.00 Å². The van der Waals surface area contributed by atoms with E-state index in [1.54, 1.807) is 11.3 Å². The molecular weight excluding hydrogens is 1810 g/mol. The van der Waals surface area contributed by atoms with E-state index in [9.17, 15) is 0 Å². The van der Waals surface area contributed by atoms with Gasteiger partial charge >= 0.3 is 0 Å². The molecule has 688 valence electrons. The van der Waals surface area contributed by atoms with Crippen LogP contribution in [-0.2, 0) is 0 Å². The zero-order valence-corrected chi connectivity index (χ0v) is 80.1. The van der Waals surface area contributed by atoms with E-state index >= 15 is 0 Å². The van der Waals surface area contributed by atoms with Gasteiger partial charge in [0.2, 0.25) is 17.8 Å². The highest BCUT2D eigenvalue weighted by Crippen LogP contribution is 2.48. The normalized spacial score (nSPS) is 11.6. The SMILES string of the molecule is Cc1ccc(-c2nc(-c3ccc(C)cc3)nc(-n3c4ccccc4c4ccc5c6ccccc6n(-c6ccccc6)c5c43)n2)cc1.c1ccc(-c2nc(-c3ccccc3)nc(-n3c4ccccc4c4ccc5c6ccccc6n(-c6cccc(N(c7ccccc7)c7ccccc7)c6)c5c43)n2)cc1.c1ccc(-c2nc(-c3ccccc3)nc(-n3c4ccccc4c4ccc5c6ccccc6n(-c6cccs6)c5c43)n2)cc1. The van der Waals surface area contributed by atoms with Crippen molar-refractivity contribution in [2.45, 2.75) is 13.8 Å². The van der Waals surface area contributed by atoms with Crippen molar-refractivity contribution in [1.29, 1.82) is 0 Å². The molecule has 0 spiro atoms. The van der Waals surface area contributed by atoms with Gasteiger partial charge in [-0.1, -0.05) is 387 Å². The van der Waals surface area contributed by atoms with Crippen LogP contribution < -0.4 is 4.90 Å². The Morgan fingerprint density at radius 3 is 0.726 bits per heavy atom. The maximum atomic E-state index is 5.26. The van der Waals surface area contributed by atoms with E-state index in [0.717, 1.165) is 160 Å². The maximum Gasteiger partial charge on any atom is 0.238 e. The lowest BCUT2D eigenvalue weighted by Gasteiger charge is -2.26. The summed E-state index contributed by atoms with van der Waals surface area (Å²) in [6, 6.07) is 167. The minimum Gasteiger partial charge on any atom is -0.310 e. The summed E-state index contributed by atoms with van der Waals surface area (Å²) in [7, 11) is 0. The summed E-state index contributed by atoms with van der Waals surface area (Å²) in [6.45, 7) is 4.19. The average Bonchev–Trinajstić information content (AvgIpc) is 1.55. The number of para-hydroxylation sites is 9. The Hall–Kier alpha value is -19.5. The minimum atomic E-state index is 0.561. The van der Waals surface area contributed by atoms with Gasteiger partial charge in [0.05, 0.1) is 66.2 Å². The van der Waals surface area contributed by atoms with Crippen molar-refractivity contribution in [3.05, 3.63) is 496 Å². The first-order valence-electron chi connectivity index (χ1n) is 48.9. The first-order valence-corrected chi connectivity index (χ1v) is 49.8. The van der Waals surface area contributed by atoms with Crippen LogP contribution in [0.1, 0.15) is 11.1 Å². The zero-order valence-electron chi connectivity index (χ0n) is 79.3. The van der Waals surface area contributed by atoms with Gasteiger partial charge in [-0.05, 0) is 122 Å². The minimum absolute atomic E-state index is 0.561. The van der Waals surface area contributed by atoms with Crippen LogP contribution in [-0.4, -0.2) is 72.3 Å². The van der Waals surface area contributed by atoms with Crippen LogP contribution in [0.25, 0.3) is 233 Å². The van der Waals surface area contributed by atoms with E-state index in [-0.39, 0.29) is 0 Å². The Balaban J connectivity index is 0.000000110. The molecule has 0 N–H and O–H groups in total. The topological polar surface area (TPSA) is 149 Å². The Kier molecular flexibility index (Phi) is 21.1. The van der Waals surface area contributed by atoms with Gasteiger partial charge in [-0.2, -0.15) is 29.9 Å². The first-order chi connectivity index (χ1) is 72.3. The Labute approximate surface area is 842 Å². The smallest absolute Gasteiger partial charge is 0.238 e. The summed E-state index contributed by atoms with van der Waals surface area (Å²) >= 11 is 1.74. The van der Waals surface area contributed by atoms with Gasteiger partial charge in [-0.15, -0.1) is 11.3 Å². The predicted octanol–water partition coefficient (Wildman–Crippen LogP) is 32.3. The van der Waals surface area contributed by atoms with Crippen molar-refractivity contribution in [1.82, 2.24) is 72.3 Å². The van der Waals surface area contributed by atoms with Crippen LogP contribution >= 0.6 is 11.3 Å². The highest BCUT2D eigenvalue weighted by atomic mass is 32.1. The van der Waals surface area contributed by atoms with Gasteiger partial charge < -0.3 is 14.0 Å². The van der Waals surface area contributed by atoms with Crippen molar-refractivity contribution in [2.24, 2.45) is 0 Å². The molecule has 0 saturated heterocycles. The summed E-state index contributed by atoms with van der Waals surface area (Å²) in [5, 5.41) is 17.3. The molecule has 0 unspecified atom stereocenters. The molecular formula is C129H86N16S. The fraction of sp³-hybridized carbons (Fsp3) is 0.0155. The van der Waals surface area contributed by atoms with Gasteiger partial charge in [0, 0.05) is 126 Å². The molecule has 0 radical (unpaired) electrons. The quantitative estimate of drug-likeness (QED) is 0.0971. The van der Waals surface area contributed by atoms with Crippen molar-refractivity contribution < 1.29 is 0 Å². The Morgan fingerprint density at radius 2 is 0.418 bits per heavy atom. The van der Waals surface area contributed by atoms with E-state index < -0.39 is 0 Å². The van der Waals surface area contributed by atoms with Crippen LogP contribution in [0.15, 0.2) is 485 Å². The Bertz CT molecular complexity index is 9850. The molecule has 0 aliphatic heterocycles. The number of hydrogen-bond donors (Lipinski definition) is 0.